The third kappa shape index (κ3) is 4.83. The van der Waals surface area contributed by atoms with Gasteiger partial charge in [0.1, 0.15) is 12.1 Å². The Balaban J connectivity index is 2.46. The van der Waals surface area contributed by atoms with Crippen LogP contribution in [0.1, 0.15) is 39.2 Å². The zero-order chi connectivity index (χ0) is 22.6. The second kappa shape index (κ2) is 9.42. The van der Waals surface area contributed by atoms with Gasteiger partial charge < -0.3 is 15.3 Å². The molecule has 2 rings (SSSR count). The van der Waals surface area contributed by atoms with E-state index in [2.05, 4.69) is 15.4 Å². The average molecular weight is 441 g/mol. The van der Waals surface area contributed by atoms with Gasteiger partial charge in [0.2, 0.25) is 15.9 Å². The van der Waals surface area contributed by atoms with Crippen LogP contribution in [0.25, 0.3) is 0 Å². The van der Waals surface area contributed by atoms with Crippen molar-refractivity contribution in [1.82, 2.24) is 15.4 Å². The van der Waals surface area contributed by atoms with Gasteiger partial charge in [0.25, 0.3) is 5.91 Å². The van der Waals surface area contributed by atoms with Crippen LogP contribution in [0.15, 0.2) is 24.3 Å². The quantitative estimate of drug-likeness (QED) is 0.381. The normalized spacial score (nSPS) is 19.1. The van der Waals surface area contributed by atoms with Crippen LogP contribution in [0, 0.1) is 0 Å². The summed E-state index contributed by atoms with van der Waals surface area (Å²) < 4.78 is 26.9. The predicted octanol–water partition coefficient (Wildman–Crippen LogP) is 0.0545. The van der Waals surface area contributed by atoms with Crippen LogP contribution in [0.5, 0.6) is 0 Å². The van der Waals surface area contributed by atoms with E-state index in [1.54, 1.807) is 45.0 Å². The second-order valence-electron chi connectivity index (χ2n) is 8.28. The van der Waals surface area contributed by atoms with Crippen LogP contribution >= 0.6 is 0 Å². The number of nitrogens with one attached hydrogen (secondary N) is 3. The molecule has 0 bridgehead atoms. The average Bonchev–Trinajstić information content (AvgIpc) is 2.92. The van der Waals surface area contributed by atoms with Gasteiger partial charge in [0, 0.05) is 31.5 Å². The lowest BCUT2D eigenvalue weighted by Crippen LogP contribution is -2.59. The number of anilines is 1. The summed E-state index contributed by atoms with van der Waals surface area (Å²) in [6.45, 7) is 4.81. The number of sulfonamides is 1. The molecule has 1 unspecified atom stereocenters. The highest BCUT2D eigenvalue weighted by molar-refractivity contribution is 7.90. The van der Waals surface area contributed by atoms with Crippen molar-refractivity contribution in [2.24, 2.45) is 0 Å². The first kappa shape index (κ1) is 24.3. The van der Waals surface area contributed by atoms with Crippen molar-refractivity contribution >= 4 is 27.5 Å². The Labute approximate surface area is 178 Å². The van der Waals surface area contributed by atoms with E-state index < -0.39 is 26.2 Å². The van der Waals surface area contributed by atoms with Crippen LogP contribution in [0.4, 0.5) is 5.69 Å². The molecule has 2 amide bonds. The molecule has 0 radical (unpaired) electrons. The molecule has 4 N–H and O–H groups in total. The second-order valence-corrected chi connectivity index (χ2v) is 10.8. The summed E-state index contributed by atoms with van der Waals surface area (Å²) in [6, 6.07) is 7.05. The number of para-hydroxylation sites is 1. The molecule has 10 heteroatoms. The van der Waals surface area contributed by atoms with Gasteiger partial charge in [-0.05, 0) is 46.2 Å². The predicted molar refractivity (Wildman–Crippen MR) is 116 cm³/mol. The maximum atomic E-state index is 13.6. The fraction of sp³-hybridized carbons (Fsp3) is 0.600. The molecule has 1 aliphatic rings. The van der Waals surface area contributed by atoms with E-state index >= 15 is 0 Å². The Bertz CT molecular complexity index is 881. The van der Waals surface area contributed by atoms with Crippen LogP contribution < -0.4 is 20.3 Å². The molecule has 1 heterocycles. The van der Waals surface area contributed by atoms with Gasteiger partial charge in [0.15, 0.2) is 0 Å². The summed E-state index contributed by atoms with van der Waals surface area (Å²) in [6.07, 6.45) is 1.16. The number of fused-ring (bicyclic) bond motifs is 1. The SMILES string of the molecule is CNC(=O)CN1C(=O)C(CNS(=O)(=O)C(C)(C)C)(NCCCCO)c2ccccc21. The Morgan fingerprint density at radius 2 is 1.87 bits per heavy atom. The Morgan fingerprint density at radius 3 is 2.47 bits per heavy atom. The summed E-state index contributed by atoms with van der Waals surface area (Å²) >= 11 is 0. The summed E-state index contributed by atoms with van der Waals surface area (Å²) in [7, 11) is -2.22. The number of unbranched alkanes of at least 4 members (excludes halogenated alkanes) is 1. The summed E-state index contributed by atoms with van der Waals surface area (Å²) in [4.78, 5) is 27.0. The summed E-state index contributed by atoms with van der Waals surface area (Å²) in [5, 5.41) is 14.8. The van der Waals surface area contributed by atoms with E-state index in [0.717, 1.165) is 0 Å². The molecule has 0 saturated heterocycles. The third-order valence-electron chi connectivity index (χ3n) is 5.19. The molecule has 9 nitrogen and oxygen atoms in total. The Morgan fingerprint density at radius 1 is 1.20 bits per heavy atom. The van der Waals surface area contributed by atoms with E-state index in [1.807, 2.05) is 0 Å². The fourth-order valence-electron chi connectivity index (χ4n) is 3.27. The number of aliphatic hydroxyl groups is 1. The molecular formula is C20H32N4O5S. The number of carbonyl (C=O) groups excluding carboxylic acids is 2. The number of likely N-dealkylation sites (N-methyl/N-ethyl adjacent to an activating group) is 1. The highest BCUT2D eigenvalue weighted by atomic mass is 32.2. The van der Waals surface area contributed by atoms with Crippen LogP contribution in [0.2, 0.25) is 0 Å². The minimum atomic E-state index is -3.71. The lowest BCUT2D eigenvalue weighted by atomic mass is 9.91. The monoisotopic (exact) mass is 440 g/mol. The summed E-state index contributed by atoms with van der Waals surface area (Å²) in [5.74, 6) is -0.725. The van der Waals surface area contributed by atoms with Gasteiger partial charge in [-0.3, -0.25) is 14.9 Å². The smallest absolute Gasteiger partial charge is 0.253 e. The number of benzene rings is 1. The van der Waals surface area contributed by atoms with Crippen molar-refractivity contribution in [2.45, 2.75) is 43.9 Å². The molecule has 0 saturated carbocycles. The topological polar surface area (TPSA) is 128 Å². The molecule has 1 aliphatic heterocycles. The van der Waals surface area contributed by atoms with Crippen molar-refractivity contribution in [3.05, 3.63) is 29.8 Å². The highest BCUT2D eigenvalue weighted by Gasteiger charge is 2.51. The van der Waals surface area contributed by atoms with Crippen LogP contribution in [0.3, 0.4) is 0 Å². The Hall–Kier alpha value is -2.01. The first-order valence-electron chi connectivity index (χ1n) is 9.97. The number of aliphatic hydroxyl groups excluding tert-OH is 1. The molecule has 30 heavy (non-hydrogen) atoms. The number of rotatable bonds is 10. The lowest BCUT2D eigenvalue weighted by molar-refractivity contribution is -0.126. The van der Waals surface area contributed by atoms with Gasteiger partial charge in [-0.2, -0.15) is 0 Å². The lowest BCUT2D eigenvalue weighted by Gasteiger charge is -2.32. The number of amides is 2. The molecule has 168 valence electrons. The van der Waals surface area contributed by atoms with E-state index in [1.165, 1.54) is 11.9 Å². The molecule has 0 fully saturated rings. The number of carbonyl (C=O) groups is 2. The molecule has 1 aromatic rings. The molecule has 1 atom stereocenters. The highest BCUT2D eigenvalue weighted by Crippen LogP contribution is 2.40. The van der Waals surface area contributed by atoms with E-state index in [0.29, 0.717) is 30.6 Å². The Kier molecular flexibility index (Phi) is 7.62. The van der Waals surface area contributed by atoms with Gasteiger partial charge in [-0.25, -0.2) is 13.1 Å². The maximum Gasteiger partial charge on any atom is 0.253 e. The van der Waals surface area contributed by atoms with Gasteiger partial charge in [-0.15, -0.1) is 0 Å². The van der Waals surface area contributed by atoms with Gasteiger partial charge >= 0.3 is 0 Å². The molecule has 0 spiro atoms. The maximum absolute atomic E-state index is 13.6. The van der Waals surface area contributed by atoms with Crippen molar-refractivity contribution < 1.29 is 23.1 Å². The zero-order valence-electron chi connectivity index (χ0n) is 18.0. The first-order valence-corrected chi connectivity index (χ1v) is 11.5. The van der Waals surface area contributed by atoms with Crippen molar-refractivity contribution in [1.29, 1.82) is 0 Å². The molecule has 0 aromatic heterocycles. The largest absolute Gasteiger partial charge is 0.396 e. The van der Waals surface area contributed by atoms with Gasteiger partial charge in [0.05, 0.1) is 4.75 Å². The first-order chi connectivity index (χ1) is 14.0. The van der Waals surface area contributed by atoms with E-state index in [4.69, 9.17) is 5.11 Å². The minimum Gasteiger partial charge on any atom is -0.396 e. The fourth-order valence-corrected chi connectivity index (χ4v) is 4.11. The number of hydrogen-bond donors (Lipinski definition) is 4. The molecular weight excluding hydrogens is 408 g/mol. The standard InChI is InChI=1S/C20H32N4O5S/c1-19(2,3)30(28,29)23-14-20(22-11-7-8-12-25)15-9-5-6-10-16(15)24(18(20)27)13-17(26)21-4/h5-6,9-10,22-23,25H,7-8,11-14H2,1-4H3,(H,21,26). The summed E-state index contributed by atoms with van der Waals surface area (Å²) in [5.41, 5.74) is -0.173. The van der Waals surface area contributed by atoms with Crippen LogP contribution in [-0.4, -0.2) is 63.4 Å². The van der Waals surface area contributed by atoms with Crippen LogP contribution in [-0.2, 0) is 25.2 Å². The number of nitrogens with zero attached hydrogens (tertiary/aromatic N) is 1. The van der Waals surface area contributed by atoms with E-state index in [-0.39, 0.29) is 25.6 Å². The zero-order valence-corrected chi connectivity index (χ0v) is 18.8. The van der Waals surface area contributed by atoms with Gasteiger partial charge in [-0.1, -0.05) is 18.2 Å². The van der Waals surface area contributed by atoms with Crippen molar-refractivity contribution in [2.75, 3.05) is 38.2 Å². The third-order valence-corrected chi connectivity index (χ3v) is 7.33. The minimum absolute atomic E-state index is 0.0265. The molecule has 1 aromatic carbocycles. The molecule has 0 aliphatic carbocycles. The van der Waals surface area contributed by atoms with Crippen molar-refractivity contribution in [3.63, 3.8) is 0 Å². The van der Waals surface area contributed by atoms with E-state index in [9.17, 15) is 18.0 Å². The number of hydrogen-bond acceptors (Lipinski definition) is 6. The van der Waals surface area contributed by atoms with Crippen molar-refractivity contribution in [3.8, 4) is 0 Å².